The number of carbonyl (C=O) groups excluding carboxylic acids is 1. The summed E-state index contributed by atoms with van der Waals surface area (Å²) in [6.07, 6.45) is 2.98. The summed E-state index contributed by atoms with van der Waals surface area (Å²) in [7, 11) is 0. The van der Waals surface area contributed by atoms with Crippen molar-refractivity contribution in [2.75, 3.05) is 18.4 Å². The molecule has 0 heterocycles. The van der Waals surface area contributed by atoms with Crippen LogP contribution in [-0.4, -0.2) is 29.7 Å². The Bertz CT molecular complexity index is 549. The molecule has 142 valence electrons. The Hall–Kier alpha value is -1.71. The molecule has 25 heavy (non-hydrogen) atoms. The first-order chi connectivity index (χ1) is 11.7. The molecule has 0 aliphatic carbocycles. The lowest BCUT2D eigenvalue weighted by atomic mass is 10.0. The van der Waals surface area contributed by atoms with Gasteiger partial charge in [-0.1, -0.05) is 32.4 Å². The minimum absolute atomic E-state index is 0.0258. The molecule has 0 saturated carbocycles. The van der Waals surface area contributed by atoms with Gasteiger partial charge in [-0.3, -0.25) is 0 Å². The molecule has 0 aromatic heterocycles. The number of hydrogen-bond acceptors (Lipinski definition) is 3. The molecule has 1 rings (SSSR count). The van der Waals surface area contributed by atoms with Crippen LogP contribution in [0, 0.1) is 6.92 Å². The molecule has 0 aliphatic rings. The number of unbranched alkanes of at least 4 members (excludes halogenated alkanes) is 1. The zero-order chi connectivity index (χ0) is 19.0. The van der Waals surface area contributed by atoms with Gasteiger partial charge in [0.05, 0.1) is 6.04 Å². The Labute approximate surface area is 153 Å². The van der Waals surface area contributed by atoms with Crippen molar-refractivity contribution in [2.24, 2.45) is 0 Å². The Kier molecular flexibility index (Phi) is 8.27. The standard InChI is InChI=1S/C21H36N2O2/c1-8-10-13-22-19-15-18(12-11-16(19)3)17(4)23(14-9-2)20(24)25-21(5,6)7/h11-12,15,17,22H,8-10,13-14H2,1-7H3. The summed E-state index contributed by atoms with van der Waals surface area (Å²) >= 11 is 0. The van der Waals surface area contributed by atoms with Crippen molar-refractivity contribution >= 4 is 11.8 Å². The summed E-state index contributed by atoms with van der Waals surface area (Å²) in [5.74, 6) is 0. The highest BCUT2D eigenvalue weighted by atomic mass is 16.6. The van der Waals surface area contributed by atoms with Crippen molar-refractivity contribution in [1.29, 1.82) is 0 Å². The van der Waals surface area contributed by atoms with Crippen molar-refractivity contribution in [3.8, 4) is 0 Å². The lowest BCUT2D eigenvalue weighted by Gasteiger charge is -2.32. The molecule has 1 unspecified atom stereocenters. The quantitative estimate of drug-likeness (QED) is 0.593. The van der Waals surface area contributed by atoms with Crippen LogP contribution in [0.5, 0.6) is 0 Å². The van der Waals surface area contributed by atoms with Gasteiger partial charge >= 0.3 is 6.09 Å². The number of anilines is 1. The van der Waals surface area contributed by atoms with E-state index in [-0.39, 0.29) is 12.1 Å². The van der Waals surface area contributed by atoms with Gasteiger partial charge in [0, 0.05) is 18.8 Å². The molecular formula is C21H36N2O2. The minimum atomic E-state index is -0.483. The van der Waals surface area contributed by atoms with E-state index in [4.69, 9.17) is 4.74 Å². The monoisotopic (exact) mass is 348 g/mol. The van der Waals surface area contributed by atoms with Crippen LogP contribution in [0.3, 0.4) is 0 Å². The van der Waals surface area contributed by atoms with Crippen LogP contribution in [0.25, 0.3) is 0 Å². The third-order valence-corrected chi connectivity index (χ3v) is 4.15. The van der Waals surface area contributed by atoms with Gasteiger partial charge in [-0.15, -0.1) is 0 Å². The molecule has 4 heteroatoms. The van der Waals surface area contributed by atoms with Gasteiger partial charge in [0.15, 0.2) is 0 Å². The topological polar surface area (TPSA) is 41.6 Å². The highest BCUT2D eigenvalue weighted by Gasteiger charge is 2.26. The third kappa shape index (κ3) is 6.97. The van der Waals surface area contributed by atoms with E-state index >= 15 is 0 Å². The molecule has 1 amide bonds. The second-order valence-corrected chi connectivity index (χ2v) is 7.70. The fourth-order valence-electron chi connectivity index (χ4n) is 2.67. The maximum Gasteiger partial charge on any atom is 0.410 e. The highest BCUT2D eigenvalue weighted by molar-refractivity contribution is 5.69. The number of rotatable bonds is 8. The van der Waals surface area contributed by atoms with E-state index in [1.165, 1.54) is 12.0 Å². The number of hydrogen-bond donors (Lipinski definition) is 1. The molecule has 1 aromatic rings. The molecule has 0 aliphatic heterocycles. The van der Waals surface area contributed by atoms with Crippen molar-refractivity contribution in [2.45, 2.75) is 79.4 Å². The number of aryl methyl sites for hydroxylation is 1. The van der Waals surface area contributed by atoms with Crippen molar-refractivity contribution < 1.29 is 9.53 Å². The summed E-state index contributed by atoms with van der Waals surface area (Å²) in [5.41, 5.74) is 3.02. The van der Waals surface area contributed by atoms with Crippen molar-refractivity contribution in [1.82, 2.24) is 4.90 Å². The smallest absolute Gasteiger partial charge is 0.410 e. The van der Waals surface area contributed by atoms with Gasteiger partial charge in [-0.2, -0.15) is 0 Å². The fraction of sp³-hybridized carbons (Fsp3) is 0.667. The minimum Gasteiger partial charge on any atom is -0.444 e. The molecule has 1 atom stereocenters. The second-order valence-electron chi connectivity index (χ2n) is 7.70. The lowest BCUT2D eigenvalue weighted by molar-refractivity contribution is 0.0173. The summed E-state index contributed by atoms with van der Waals surface area (Å²) in [6, 6.07) is 6.38. The van der Waals surface area contributed by atoms with Crippen LogP contribution in [0.15, 0.2) is 18.2 Å². The first-order valence-corrected chi connectivity index (χ1v) is 9.53. The molecule has 0 radical (unpaired) electrons. The van der Waals surface area contributed by atoms with Gasteiger partial charge in [0.25, 0.3) is 0 Å². The number of carbonyl (C=O) groups is 1. The van der Waals surface area contributed by atoms with Gasteiger partial charge in [0.1, 0.15) is 5.60 Å². The normalized spacial score (nSPS) is 12.6. The maximum atomic E-state index is 12.6. The molecule has 0 bridgehead atoms. The van der Waals surface area contributed by atoms with Crippen molar-refractivity contribution in [3.63, 3.8) is 0 Å². The molecule has 1 aromatic carbocycles. The number of ether oxygens (including phenoxy) is 1. The SMILES string of the molecule is CCCCNc1cc(C(C)N(CCC)C(=O)OC(C)(C)C)ccc1C. The Morgan fingerprint density at radius 1 is 1.24 bits per heavy atom. The van der Waals surface area contributed by atoms with Crippen molar-refractivity contribution in [3.05, 3.63) is 29.3 Å². The maximum absolute atomic E-state index is 12.6. The van der Waals surface area contributed by atoms with E-state index < -0.39 is 5.60 Å². The average Bonchev–Trinajstić information content (AvgIpc) is 2.52. The van der Waals surface area contributed by atoms with Crippen LogP contribution >= 0.6 is 0 Å². The van der Waals surface area contributed by atoms with Crippen LogP contribution in [0.4, 0.5) is 10.5 Å². The zero-order valence-electron chi connectivity index (χ0n) is 17.1. The van der Waals surface area contributed by atoms with Crippen LogP contribution in [0.2, 0.25) is 0 Å². The van der Waals surface area contributed by atoms with E-state index in [1.54, 1.807) is 0 Å². The predicted molar refractivity (Wildman–Crippen MR) is 106 cm³/mol. The van der Waals surface area contributed by atoms with Crippen LogP contribution in [-0.2, 0) is 4.74 Å². The third-order valence-electron chi connectivity index (χ3n) is 4.15. The molecule has 0 saturated heterocycles. The van der Waals surface area contributed by atoms with E-state index in [9.17, 15) is 4.79 Å². The number of benzene rings is 1. The number of nitrogens with one attached hydrogen (secondary N) is 1. The molecule has 0 spiro atoms. The molecule has 1 N–H and O–H groups in total. The summed E-state index contributed by atoms with van der Waals surface area (Å²) in [6.45, 7) is 15.8. The largest absolute Gasteiger partial charge is 0.444 e. The summed E-state index contributed by atoms with van der Waals surface area (Å²) < 4.78 is 5.60. The Balaban J connectivity index is 2.98. The first-order valence-electron chi connectivity index (χ1n) is 9.53. The lowest BCUT2D eigenvalue weighted by Crippen LogP contribution is -2.38. The van der Waals surface area contributed by atoms with E-state index in [1.807, 2.05) is 25.7 Å². The van der Waals surface area contributed by atoms with Gasteiger partial charge in [-0.05, 0) is 64.7 Å². The Morgan fingerprint density at radius 2 is 1.92 bits per heavy atom. The van der Waals surface area contributed by atoms with E-state index in [2.05, 4.69) is 51.2 Å². The predicted octanol–water partition coefficient (Wildman–Crippen LogP) is 5.92. The van der Waals surface area contributed by atoms with Gasteiger partial charge in [0.2, 0.25) is 0 Å². The zero-order valence-corrected chi connectivity index (χ0v) is 17.1. The molecule has 4 nitrogen and oxygen atoms in total. The van der Waals surface area contributed by atoms with Gasteiger partial charge < -0.3 is 15.0 Å². The summed E-state index contributed by atoms with van der Waals surface area (Å²) in [4.78, 5) is 14.4. The highest BCUT2D eigenvalue weighted by Crippen LogP contribution is 2.27. The fourth-order valence-corrected chi connectivity index (χ4v) is 2.67. The Morgan fingerprint density at radius 3 is 2.48 bits per heavy atom. The van der Waals surface area contributed by atoms with E-state index in [0.717, 1.165) is 30.6 Å². The number of amides is 1. The van der Waals surface area contributed by atoms with E-state index in [0.29, 0.717) is 6.54 Å². The van der Waals surface area contributed by atoms with Gasteiger partial charge in [-0.25, -0.2) is 4.79 Å². The van der Waals surface area contributed by atoms with Crippen LogP contribution < -0.4 is 5.32 Å². The average molecular weight is 349 g/mol. The number of nitrogens with zero attached hydrogens (tertiary/aromatic N) is 1. The first kappa shape index (κ1) is 21.3. The molecule has 0 fully saturated rings. The second kappa shape index (κ2) is 9.69. The molecular weight excluding hydrogens is 312 g/mol. The summed E-state index contributed by atoms with van der Waals surface area (Å²) in [5, 5.41) is 3.51. The van der Waals surface area contributed by atoms with Crippen LogP contribution in [0.1, 0.15) is 78.0 Å².